The van der Waals surface area contributed by atoms with Gasteiger partial charge >= 0.3 is 0 Å². The third kappa shape index (κ3) is 12.4. The molecule has 5 aromatic rings. The Morgan fingerprint density at radius 3 is 2.17 bits per heavy atom. The second-order valence-electron chi connectivity index (χ2n) is 13.0. The number of aromatic hydroxyl groups is 1. The molecule has 1 aromatic heterocycles. The molecular formula is C43H52I2N2O6. The molecule has 0 radical (unpaired) electrons. The van der Waals surface area contributed by atoms with Gasteiger partial charge in [-0.2, -0.15) is 0 Å². The number of carbonyl (C=O) groups is 1. The van der Waals surface area contributed by atoms with E-state index in [-0.39, 0.29) is 23.6 Å². The summed E-state index contributed by atoms with van der Waals surface area (Å²) in [5, 5.41) is 23.8. The standard InChI is InChI=1S/C25H29I2NO3.C18H23NO3/c1-4-7-11-22-23(18-10-8-9-12-21(18)31-22)24(29)17-15-19(26)25(20(27)16-17)30-14-13-28(5-2)6-3;1-13(12-22-17-6-4-3-5-7-17)19-14(2)18(21)15-8-10-16(20)11-9-15/h8-10,12,15-16H,4-7,11,13-14H2,1-3H3;3-11,13-14,18-21H,12H2,1-2H3. The molecule has 0 saturated carbocycles. The Kier molecular flexibility index (Phi) is 17.4. The molecular weight excluding hydrogens is 894 g/mol. The third-order valence-electron chi connectivity index (χ3n) is 8.96. The second kappa shape index (κ2) is 21.7. The van der Waals surface area contributed by atoms with Crippen LogP contribution >= 0.6 is 45.2 Å². The van der Waals surface area contributed by atoms with Crippen molar-refractivity contribution in [2.75, 3.05) is 32.8 Å². The highest BCUT2D eigenvalue weighted by Gasteiger charge is 2.24. The van der Waals surface area contributed by atoms with Crippen molar-refractivity contribution in [3.05, 3.63) is 121 Å². The molecule has 0 amide bonds. The highest BCUT2D eigenvalue weighted by Crippen LogP contribution is 2.33. The molecule has 53 heavy (non-hydrogen) atoms. The van der Waals surface area contributed by atoms with Crippen LogP contribution in [-0.4, -0.2) is 65.8 Å². The van der Waals surface area contributed by atoms with E-state index < -0.39 is 6.10 Å². The summed E-state index contributed by atoms with van der Waals surface area (Å²) in [5.74, 6) is 2.69. The predicted molar refractivity (Wildman–Crippen MR) is 230 cm³/mol. The molecule has 0 aliphatic heterocycles. The van der Waals surface area contributed by atoms with E-state index in [2.05, 4.69) is 76.2 Å². The smallest absolute Gasteiger partial charge is 0.197 e. The number of unbranched alkanes of at least 4 members (excludes halogenated alkanes) is 1. The molecule has 4 aromatic carbocycles. The minimum absolute atomic E-state index is 0.0153. The highest BCUT2D eigenvalue weighted by atomic mass is 127. The van der Waals surface area contributed by atoms with E-state index in [0.717, 1.165) is 79.8 Å². The Morgan fingerprint density at radius 1 is 0.887 bits per heavy atom. The molecule has 284 valence electrons. The van der Waals surface area contributed by atoms with Crippen molar-refractivity contribution in [2.24, 2.45) is 0 Å². The van der Waals surface area contributed by atoms with Gasteiger partial charge in [0.25, 0.3) is 0 Å². The number of halogens is 2. The number of phenolic OH excluding ortho intramolecular Hbond substituents is 1. The van der Waals surface area contributed by atoms with E-state index in [4.69, 9.17) is 13.9 Å². The van der Waals surface area contributed by atoms with Crippen molar-refractivity contribution in [3.63, 3.8) is 0 Å². The van der Waals surface area contributed by atoms with Gasteiger partial charge in [-0.3, -0.25) is 4.79 Å². The summed E-state index contributed by atoms with van der Waals surface area (Å²) in [5.41, 5.74) is 2.92. The summed E-state index contributed by atoms with van der Waals surface area (Å²) in [4.78, 5) is 15.9. The molecule has 3 N–H and O–H groups in total. The fraction of sp³-hybridized carbons (Fsp3) is 0.372. The molecule has 0 saturated heterocycles. The molecule has 0 aliphatic rings. The number of phenols is 1. The summed E-state index contributed by atoms with van der Waals surface area (Å²) >= 11 is 4.54. The first-order valence-corrected chi connectivity index (χ1v) is 20.5. The maximum absolute atomic E-state index is 13.6. The number of aliphatic hydroxyl groups is 1. The topological polar surface area (TPSA) is 104 Å². The average Bonchev–Trinajstić information content (AvgIpc) is 3.54. The number of ketones is 1. The summed E-state index contributed by atoms with van der Waals surface area (Å²) in [7, 11) is 0. The van der Waals surface area contributed by atoms with Gasteiger partial charge in [-0.25, -0.2) is 0 Å². The lowest BCUT2D eigenvalue weighted by molar-refractivity contribution is 0.103. The average molecular weight is 947 g/mol. The lowest BCUT2D eigenvalue weighted by Crippen LogP contribution is -2.41. The van der Waals surface area contributed by atoms with E-state index in [1.54, 1.807) is 24.3 Å². The maximum Gasteiger partial charge on any atom is 0.197 e. The van der Waals surface area contributed by atoms with Crippen molar-refractivity contribution in [3.8, 4) is 17.2 Å². The number of ether oxygens (including phenoxy) is 2. The van der Waals surface area contributed by atoms with Gasteiger partial charge in [0.05, 0.1) is 18.8 Å². The lowest BCUT2D eigenvalue weighted by atomic mass is 9.98. The van der Waals surface area contributed by atoms with Gasteiger partial charge in [0, 0.05) is 36.0 Å². The molecule has 3 unspecified atom stereocenters. The zero-order valence-electron chi connectivity index (χ0n) is 31.3. The number of likely N-dealkylation sites (N-methyl/N-ethyl adjacent to an activating group) is 1. The Labute approximate surface area is 341 Å². The molecule has 10 heteroatoms. The number of aryl methyl sites for hydroxylation is 1. The van der Waals surface area contributed by atoms with Crippen LogP contribution in [0.5, 0.6) is 17.2 Å². The minimum Gasteiger partial charge on any atom is -0.508 e. The predicted octanol–water partition coefficient (Wildman–Crippen LogP) is 9.81. The third-order valence-corrected chi connectivity index (χ3v) is 10.6. The van der Waals surface area contributed by atoms with E-state index in [9.17, 15) is 15.0 Å². The van der Waals surface area contributed by atoms with Crippen LogP contribution in [0.1, 0.15) is 80.8 Å². The monoisotopic (exact) mass is 946 g/mol. The fourth-order valence-electron chi connectivity index (χ4n) is 5.93. The van der Waals surface area contributed by atoms with E-state index >= 15 is 0 Å². The maximum atomic E-state index is 13.6. The van der Waals surface area contributed by atoms with E-state index in [0.29, 0.717) is 24.3 Å². The fourth-order valence-corrected chi connectivity index (χ4v) is 8.01. The number of nitrogens with zero attached hydrogens (tertiary/aromatic N) is 1. The van der Waals surface area contributed by atoms with Crippen LogP contribution in [0.15, 0.2) is 95.4 Å². The number of rotatable bonds is 18. The number of fused-ring (bicyclic) bond motifs is 1. The van der Waals surface area contributed by atoms with Crippen LogP contribution in [0.4, 0.5) is 0 Å². The second-order valence-corrected chi connectivity index (χ2v) is 15.3. The largest absolute Gasteiger partial charge is 0.508 e. The van der Waals surface area contributed by atoms with Crippen molar-refractivity contribution in [2.45, 2.75) is 72.1 Å². The van der Waals surface area contributed by atoms with Gasteiger partial charge in [0.2, 0.25) is 0 Å². The summed E-state index contributed by atoms with van der Waals surface area (Å²) in [6, 6.07) is 27.9. The van der Waals surface area contributed by atoms with Gasteiger partial charge in [0.15, 0.2) is 5.78 Å². The Hall–Kier alpha value is -3.17. The number of nitrogens with one attached hydrogen (secondary N) is 1. The summed E-state index contributed by atoms with van der Waals surface area (Å²) < 4.78 is 19.8. The van der Waals surface area contributed by atoms with Crippen molar-refractivity contribution < 1.29 is 28.9 Å². The number of benzene rings is 4. The zero-order chi connectivity index (χ0) is 38.3. The van der Waals surface area contributed by atoms with E-state index in [1.807, 2.05) is 80.6 Å². The van der Waals surface area contributed by atoms with Crippen LogP contribution < -0.4 is 14.8 Å². The molecule has 0 bridgehead atoms. The first-order valence-electron chi connectivity index (χ1n) is 18.4. The van der Waals surface area contributed by atoms with Crippen LogP contribution in [0.3, 0.4) is 0 Å². The van der Waals surface area contributed by atoms with Gasteiger partial charge in [-0.1, -0.05) is 75.7 Å². The number of para-hydroxylation sites is 2. The Morgan fingerprint density at radius 2 is 1.53 bits per heavy atom. The SMILES string of the molecule is CC(COc1ccccc1)NC(C)C(O)c1ccc(O)cc1.CCCCc1oc2ccccc2c1C(=O)c1cc(I)c(OCCN(CC)CC)c(I)c1. The van der Waals surface area contributed by atoms with Crippen LogP contribution in [0, 0.1) is 7.14 Å². The van der Waals surface area contributed by atoms with E-state index in [1.165, 1.54) is 0 Å². The molecule has 0 fully saturated rings. The molecule has 0 spiro atoms. The van der Waals surface area contributed by atoms with Crippen molar-refractivity contribution in [1.29, 1.82) is 0 Å². The number of aliphatic hydroxyl groups excluding tert-OH is 1. The molecule has 3 atom stereocenters. The minimum atomic E-state index is -0.639. The lowest BCUT2D eigenvalue weighted by Gasteiger charge is -2.25. The summed E-state index contributed by atoms with van der Waals surface area (Å²) in [6.45, 7) is 14.5. The number of carbonyl (C=O) groups excluding carboxylic acids is 1. The summed E-state index contributed by atoms with van der Waals surface area (Å²) in [6.07, 6.45) is 2.18. The molecule has 0 aliphatic carbocycles. The van der Waals surface area contributed by atoms with Gasteiger partial charge in [-0.05, 0) is 127 Å². The number of furan rings is 1. The highest BCUT2D eigenvalue weighted by molar-refractivity contribution is 14.1. The number of hydrogen-bond acceptors (Lipinski definition) is 8. The Bertz CT molecular complexity index is 1840. The zero-order valence-corrected chi connectivity index (χ0v) is 35.6. The van der Waals surface area contributed by atoms with Crippen LogP contribution in [0.2, 0.25) is 0 Å². The van der Waals surface area contributed by atoms with Crippen molar-refractivity contribution in [1.82, 2.24) is 10.2 Å². The first-order chi connectivity index (χ1) is 25.6. The van der Waals surface area contributed by atoms with Gasteiger partial charge in [0.1, 0.15) is 41.8 Å². The van der Waals surface area contributed by atoms with Crippen LogP contribution in [-0.2, 0) is 6.42 Å². The molecule has 8 nitrogen and oxygen atoms in total. The van der Waals surface area contributed by atoms with Crippen LogP contribution in [0.25, 0.3) is 11.0 Å². The molecule has 1 heterocycles. The quantitative estimate of drug-likeness (QED) is 0.0590. The number of hydrogen-bond donors (Lipinski definition) is 3. The van der Waals surface area contributed by atoms with Gasteiger partial charge in [-0.15, -0.1) is 0 Å². The first kappa shape index (κ1) is 42.6. The van der Waals surface area contributed by atoms with Gasteiger partial charge < -0.3 is 34.3 Å². The normalized spacial score (nSPS) is 12.9. The Balaban J connectivity index is 0.000000251. The molecule has 5 rings (SSSR count). The van der Waals surface area contributed by atoms with Crippen molar-refractivity contribution >= 4 is 61.9 Å².